The minimum Gasteiger partial charge on any atom is -0.350 e. The van der Waals surface area contributed by atoms with Crippen LogP contribution in [-0.4, -0.2) is 49.5 Å². The number of anilines is 1. The number of carbonyl (C=O) groups is 2. The SMILES string of the molecule is C[C@H](C(=O)NC(C)(C)C)N(Cc1ccc(Cl)c(Cl)c1)C(=O)CN(c1ccccc1F)S(C)(=O)=O. The van der Waals surface area contributed by atoms with Crippen molar-refractivity contribution in [2.45, 2.75) is 45.8 Å². The van der Waals surface area contributed by atoms with E-state index in [9.17, 15) is 22.4 Å². The molecule has 0 saturated carbocycles. The van der Waals surface area contributed by atoms with E-state index in [1.165, 1.54) is 30.0 Å². The van der Waals surface area contributed by atoms with Crippen molar-refractivity contribution >= 4 is 50.7 Å². The summed E-state index contributed by atoms with van der Waals surface area (Å²) in [5, 5.41) is 3.40. The number of nitrogens with zero attached hydrogens (tertiary/aromatic N) is 2. The quantitative estimate of drug-likeness (QED) is 0.552. The smallest absolute Gasteiger partial charge is 0.244 e. The first-order chi connectivity index (χ1) is 15.6. The number of benzene rings is 2. The van der Waals surface area contributed by atoms with Crippen LogP contribution >= 0.6 is 23.2 Å². The maximum atomic E-state index is 14.4. The van der Waals surface area contributed by atoms with Gasteiger partial charge in [0.15, 0.2) is 0 Å². The highest BCUT2D eigenvalue weighted by Gasteiger charge is 2.32. The molecule has 2 rings (SSSR count). The van der Waals surface area contributed by atoms with Crippen molar-refractivity contribution in [3.8, 4) is 0 Å². The van der Waals surface area contributed by atoms with Crippen LogP contribution in [0.4, 0.5) is 10.1 Å². The van der Waals surface area contributed by atoms with Crippen LogP contribution in [0.1, 0.15) is 33.3 Å². The maximum Gasteiger partial charge on any atom is 0.244 e. The Kier molecular flexibility index (Phi) is 8.96. The van der Waals surface area contributed by atoms with Gasteiger partial charge in [-0.25, -0.2) is 12.8 Å². The number of hydrogen-bond acceptors (Lipinski definition) is 4. The fourth-order valence-corrected chi connectivity index (χ4v) is 4.31. The molecule has 0 heterocycles. The first-order valence-electron chi connectivity index (χ1n) is 10.4. The van der Waals surface area contributed by atoms with Crippen molar-refractivity contribution in [1.82, 2.24) is 10.2 Å². The Labute approximate surface area is 209 Å². The van der Waals surface area contributed by atoms with Crippen LogP contribution in [0.5, 0.6) is 0 Å². The molecule has 34 heavy (non-hydrogen) atoms. The molecule has 0 bridgehead atoms. The zero-order valence-corrected chi connectivity index (χ0v) is 21.9. The van der Waals surface area contributed by atoms with Gasteiger partial charge in [-0.3, -0.25) is 13.9 Å². The van der Waals surface area contributed by atoms with Crippen molar-refractivity contribution in [3.63, 3.8) is 0 Å². The molecule has 0 radical (unpaired) electrons. The van der Waals surface area contributed by atoms with E-state index >= 15 is 0 Å². The monoisotopic (exact) mass is 531 g/mol. The average Bonchev–Trinajstić information content (AvgIpc) is 2.70. The molecule has 0 fully saturated rings. The highest BCUT2D eigenvalue weighted by Crippen LogP contribution is 2.25. The van der Waals surface area contributed by atoms with Crippen LogP contribution in [0.2, 0.25) is 10.0 Å². The third-order valence-electron chi connectivity index (χ3n) is 4.80. The van der Waals surface area contributed by atoms with E-state index in [1.54, 1.807) is 39.0 Å². The zero-order chi connectivity index (χ0) is 25.8. The second kappa shape index (κ2) is 10.9. The molecule has 11 heteroatoms. The van der Waals surface area contributed by atoms with E-state index in [2.05, 4.69) is 5.32 Å². The molecule has 1 atom stereocenters. The summed E-state index contributed by atoms with van der Waals surface area (Å²) in [5.41, 5.74) is -0.245. The molecule has 2 amide bonds. The molecule has 7 nitrogen and oxygen atoms in total. The fourth-order valence-electron chi connectivity index (χ4n) is 3.14. The lowest BCUT2D eigenvalue weighted by Crippen LogP contribution is -2.54. The molecule has 0 aliphatic carbocycles. The molecule has 0 saturated heterocycles. The highest BCUT2D eigenvalue weighted by atomic mass is 35.5. The lowest BCUT2D eigenvalue weighted by molar-refractivity contribution is -0.140. The Morgan fingerprint density at radius 2 is 1.71 bits per heavy atom. The Hall–Kier alpha value is -2.36. The van der Waals surface area contributed by atoms with Gasteiger partial charge in [0.05, 0.1) is 22.0 Å². The molecular formula is C23H28Cl2FN3O4S. The zero-order valence-electron chi connectivity index (χ0n) is 19.6. The predicted molar refractivity (Wildman–Crippen MR) is 133 cm³/mol. The Balaban J connectivity index is 2.44. The summed E-state index contributed by atoms with van der Waals surface area (Å²) in [6.07, 6.45) is 0.881. The number of para-hydroxylation sites is 1. The lowest BCUT2D eigenvalue weighted by Gasteiger charge is -2.33. The molecule has 2 aromatic rings. The summed E-state index contributed by atoms with van der Waals surface area (Å²) >= 11 is 12.1. The molecule has 0 unspecified atom stereocenters. The first kappa shape index (κ1) is 27.9. The van der Waals surface area contributed by atoms with Crippen LogP contribution in [0.25, 0.3) is 0 Å². The second-order valence-electron chi connectivity index (χ2n) is 8.91. The van der Waals surface area contributed by atoms with E-state index in [-0.39, 0.29) is 17.3 Å². The number of sulfonamides is 1. The standard InChI is InChI=1S/C23H28Cl2FN3O4S/c1-15(22(31)27-23(2,3)4)28(13-16-10-11-17(24)18(25)12-16)21(30)14-29(34(5,32)33)20-9-7-6-8-19(20)26/h6-12,15H,13-14H2,1-5H3,(H,27,31)/t15-/m1/s1. The van der Waals surface area contributed by atoms with Crippen molar-refractivity contribution in [3.05, 3.63) is 63.9 Å². The van der Waals surface area contributed by atoms with Gasteiger partial charge in [-0.1, -0.05) is 41.4 Å². The molecule has 1 N–H and O–H groups in total. The largest absolute Gasteiger partial charge is 0.350 e. The molecule has 2 aromatic carbocycles. The summed E-state index contributed by atoms with van der Waals surface area (Å²) < 4.78 is 40.0. The second-order valence-corrected chi connectivity index (χ2v) is 11.6. The minimum atomic E-state index is -4.02. The number of carbonyl (C=O) groups excluding carboxylic acids is 2. The van der Waals surface area contributed by atoms with Gasteiger partial charge in [0.2, 0.25) is 21.8 Å². The van der Waals surface area contributed by atoms with Gasteiger partial charge in [-0.15, -0.1) is 0 Å². The normalized spacial score (nSPS) is 12.7. The summed E-state index contributed by atoms with van der Waals surface area (Å²) in [4.78, 5) is 27.5. The van der Waals surface area contributed by atoms with E-state index in [0.29, 0.717) is 14.9 Å². The van der Waals surface area contributed by atoms with Gasteiger partial charge in [-0.2, -0.15) is 0 Å². The van der Waals surface area contributed by atoms with Gasteiger partial charge in [-0.05, 0) is 57.5 Å². The van der Waals surface area contributed by atoms with E-state index in [4.69, 9.17) is 23.2 Å². The van der Waals surface area contributed by atoms with Gasteiger partial charge in [0.25, 0.3) is 0 Å². The number of hydrogen-bond donors (Lipinski definition) is 1. The third-order valence-corrected chi connectivity index (χ3v) is 6.67. The first-order valence-corrected chi connectivity index (χ1v) is 13.0. The molecule has 0 aliphatic heterocycles. The van der Waals surface area contributed by atoms with Crippen LogP contribution < -0.4 is 9.62 Å². The molecule has 0 aliphatic rings. The van der Waals surface area contributed by atoms with Crippen molar-refractivity contribution < 1.29 is 22.4 Å². The van der Waals surface area contributed by atoms with E-state index < -0.39 is 45.8 Å². The number of amides is 2. The number of halogens is 3. The average molecular weight is 532 g/mol. The summed E-state index contributed by atoms with van der Waals surface area (Å²) in [6.45, 7) is 6.17. The van der Waals surface area contributed by atoms with Crippen LogP contribution in [0.15, 0.2) is 42.5 Å². The van der Waals surface area contributed by atoms with Gasteiger partial charge < -0.3 is 10.2 Å². The summed E-state index contributed by atoms with van der Waals surface area (Å²) in [6, 6.07) is 9.04. The van der Waals surface area contributed by atoms with Gasteiger partial charge >= 0.3 is 0 Å². The molecule has 0 aromatic heterocycles. The Bertz CT molecular complexity index is 1170. The topological polar surface area (TPSA) is 86.8 Å². The fraction of sp³-hybridized carbons (Fsp3) is 0.391. The number of nitrogens with one attached hydrogen (secondary N) is 1. The molecular weight excluding hydrogens is 504 g/mol. The van der Waals surface area contributed by atoms with Gasteiger partial charge in [0, 0.05) is 12.1 Å². The van der Waals surface area contributed by atoms with Crippen LogP contribution in [0.3, 0.4) is 0 Å². The number of rotatable bonds is 8. The van der Waals surface area contributed by atoms with E-state index in [0.717, 1.165) is 12.3 Å². The minimum absolute atomic E-state index is 0.0523. The van der Waals surface area contributed by atoms with Crippen molar-refractivity contribution in [1.29, 1.82) is 0 Å². The maximum absolute atomic E-state index is 14.4. The summed E-state index contributed by atoms with van der Waals surface area (Å²) in [7, 11) is -4.02. The molecule has 186 valence electrons. The van der Waals surface area contributed by atoms with Crippen LogP contribution in [0, 0.1) is 5.82 Å². The predicted octanol–water partition coefficient (Wildman–Crippen LogP) is 4.23. The Morgan fingerprint density at radius 3 is 2.24 bits per heavy atom. The third kappa shape index (κ3) is 7.58. The highest BCUT2D eigenvalue weighted by molar-refractivity contribution is 7.92. The van der Waals surface area contributed by atoms with Gasteiger partial charge in [0.1, 0.15) is 18.4 Å². The Morgan fingerprint density at radius 1 is 1.09 bits per heavy atom. The molecule has 0 spiro atoms. The van der Waals surface area contributed by atoms with E-state index in [1.807, 2.05) is 0 Å². The van der Waals surface area contributed by atoms with Crippen molar-refractivity contribution in [2.75, 3.05) is 17.1 Å². The summed E-state index contributed by atoms with van der Waals surface area (Å²) in [5.74, 6) is -1.93. The van der Waals surface area contributed by atoms with Crippen LogP contribution in [-0.2, 0) is 26.2 Å². The van der Waals surface area contributed by atoms with Crippen molar-refractivity contribution in [2.24, 2.45) is 0 Å². The lowest BCUT2D eigenvalue weighted by atomic mass is 10.1.